The highest BCUT2D eigenvalue weighted by atomic mass is 32.1. The summed E-state index contributed by atoms with van der Waals surface area (Å²) in [5.74, 6) is 1.77. The zero-order chi connectivity index (χ0) is 17.9. The summed E-state index contributed by atoms with van der Waals surface area (Å²) in [5, 5.41) is 6.09. The Balaban J connectivity index is 1.55. The van der Waals surface area contributed by atoms with E-state index in [2.05, 4.69) is 10.1 Å². The first-order chi connectivity index (χ1) is 12.8. The van der Waals surface area contributed by atoms with E-state index in [1.54, 1.807) is 18.4 Å². The molecule has 0 N–H and O–H groups in total. The van der Waals surface area contributed by atoms with E-state index in [1.807, 2.05) is 46.7 Å². The molecule has 0 saturated carbocycles. The number of rotatable bonds is 5. The number of likely N-dealkylation sites (tertiary alicyclic amines) is 1. The first-order valence-electron chi connectivity index (χ1n) is 8.55. The summed E-state index contributed by atoms with van der Waals surface area (Å²) in [6.07, 6.45) is 2.19. The lowest BCUT2D eigenvalue weighted by Gasteiger charge is -2.21. The first-order valence-corrected chi connectivity index (χ1v) is 9.43. The number of para-hydroxylation sites is 1. The van der Waals surface area contributed by atoms with Crippen LogP contribution in [-0.4, -0.2) is 34.6 Å². The Hall–Kier alpha value is -2.67. The number of hydrogen-bond acceptors (Lipinski definition) is 6. The zero-order valence-corrected chi connectivity index (χ0v) is 15.2. The molecule has 2 aromatic heterocycles. The number of hydrogen-bond donors (Lipinski definition) is 0. The van der Waals surface area contributed by atoms with Gasteiger partial charge in [-0.3, -0.25) is 4.79 Å². The molecule has 26 heavy (non-hydrogen) atoms. The molecule has 134 valence electrons. The van der Waals surface area contributed by atoms with Gasteiger partial charge in [0.2, 0.25) is 17.6 Å². The van der Waals surface area contributed by atoms with Gasteiger partial charge in [-0.15, -0.1) is 11.3 Å². The standard InChI is InChI=1S/C19H19N3O3S/c1-24-16-9-3-2-7-14(16)18-20-19(25-21-18)15-8-4-10-22(15)17(23)12-13-6-5-11-26-13/h2-3,5-7,9,11,15H,4,8,10,12H2,1H3. The molecule has 4 rings (SSSR count). The molecule has 3 aromatic rings. The monoisotopic (exact) mass is 369 g/mol. The maximum absolute atomic E-state index is 12.7. The van der Waals surface area contributed by atoms with Gasteiger partial charge in [0, 0.05) is 11.4 Å². The van der Waals surface area contributed by atoms with Crippen molar-refractivity contribution >= 4 is 17.2 Å². The quantitative estimate of drug-likeness (QED) is 0.686. The van der Waals surface area contributed by atoms with Gasteiger partial charge in [-0.1, -0.05) is 23.4 Å². The van der Waals surface area contributed by atoms with Gasteiger partial charge in [0.05, 0.1) is 19.1 Å². The Kier molecular flexibility index (Phi) is 4.71. The molecule has 1 saturated heterocycles. The molecule has 0 spiro atoms. The zero-order valence-electron chi connectivity index (χ0n) is 14.4. The summed E-state index contributed by atoms with van der Waals surface area (Å²) in [6.45, 7) is 0.723. The fourth-order valence-corrected chi connectivity index (χ4v) is 3.99. The molecular weight excluding hydrogens is 350 g/mol. The molecule has 1 amide bonds. The molecule has 6 nitrogen and oxygen atoms in total. The average molecular weight is 369 g/mol. The van der Waals surface area contributed by atoms with Gasteiger partial charge in [-0.05, 0) is 36.4 Å². The van der Waals surface area contributed by atoms with E-state index in [-0.39, 0.29) is 11.9 Å². The highest BCUT2D eigenvalue weighted by Gasteiger charge is 2.34. The van der Waals surface area contributed by atoms with Gasteiger partial charge in [0.15, 0.2) is 0 Å². The van der Waals surface area contributed by atoms with Crippen LogP contribution in [0, 0.1) is 0 Å². The van der Waals surface area contributed by atoms with Crippen LogP contribution in [-0.2, 0) is 11.2 Å². The van der Waals surface area contributed by atoms with Crippen molar-refractivity contribution in [3.63, 3.8) is 0 Å². The van der Waals surface area contributed by atoms with Crippen molar-refractivity contribution in [2.45, 2.75) is 25.3 Å². The predicted molar refractivity (Wildman–Crippen MR) is 98.0 cm³/mol. The minimum Gasteiger partial charge on any atom is -0.496 e. The van der Waals surface area contributed by atoms with Crippen molar-refractivity contribution in [2.24, 2.45) is 0 Å². The summed E-state index contributed by atoms with van der Waals surface area (Å²) in [4.78, 5) is 20.2. The van der Waals surface area contributed by atoms with Crippen LogP contribution in [0.1, 0.15) is 29.7 Å². The van der Waals surface area contributed by atoms with Crippen LogP contribution in [0.15, 0.2) is 46.3 Å². The fourth-order valence-electron chi connectivity index (χ4n) is 3.30. The predicted octanol–water partition coefficient (Wildman–Crippen LogP) is 3.71. The molecule has 0 bridgehead atoms. The molecule has 1 aromatic carbocycles. The minimum atomic E-state index is -0.154. The lowest BCUT2D eigenvalue weighted by molar-refractivity contribution is -0.131. The molecule has 7 heteroatoms. The van der Waals surface area contributed by atoms with Crippen LogP contribution < -0.4 is 4.74 Å². The van der Waals surface area contributed by atoms with Gasteiger partial charge in [0.25, 0.3) is 0 Å². The third-order valence-electron chi connectivity index (χ3n) is 4.55. The van der Waals surface area contributed by atoms with Crippen molar-refractivity contribution in [2.75, 3.05) is 13.7 Å². The van der Waals surface area contributed by atoms with E-state index in [0.717, 1.165) is 29.8 Å². The number of methoxy groups -OCH3 is 1. The highest BCUT2D eigenvalue weighted by Crippen LogP contribution is 2.34. The van der Waals surface area contributed by atoms with Crippen LogP contribution in [0.5, 0.6) is 5.75 Å². The van der Waals surface area contributed by atoms with Gasteiger partial charge in [0.1, 0.15) is 11.8 Å². The Labute approximate surface area is 155 Å². The second-order valence-electron chi connectivity index (χ2n) is 6.16. The van der Waals surface area contributed by atoms with E-state index in [9.17, 15) is 4.79 Å². The van der Waals surface area contributed by atoms with Gasteiger partial charge >= 0.3 is 0 Å². The van der Waals surface area contributed by atoms with Crippen LogP contribution in [0.25, 0.3) is 11.4 Å². The molecule has 1 aliphatic heterocycles. The fraction of sp³-hybridized carbons (Fsp3) is 0.316. The molecule has 1 unspecified atom stereocenters. The molecule has 0 aliphatic carbocycles. The van der Waals surface area contributed by atoms with Gasteiger partial charge < -0.3 is 14.2 Å². The molecule has 1 atom stereocenters. The van der Waals surface area contributed by atoms with E-state index in [1.165, 1.54) is 0 Å². The first kappa shape index (κ1) is 16.8. The normalized spacial score (nSPS) is 16.8. The topological polar surface area (TPSA) is 68.5 Å². The largest absolute Gasteiger partial charge is 0.496 e. The maximum atomic E-state index is 12.7. The molecule has 0 radical (unpaired) electrons. The molecule has 1 fully saturated rings. The minimum absolute atomic E-state index is 0.104. The maximum Gasteiger partial charge on any atom is 0.249 e. The van der Waals surface area contributed by atoms with E-state index in [0.29, 0.717) is 23.9 Å². The number of benzene rings is 1. The summed E-state index contributed by atoms with van der Waals surface area (Å²) < 4.78 is 10.9. The number of nitrogens with zero attached hydrogens (tertiary/aromatic N) is 3. The molecule has 3 heterocycles. The Morgan fingerprint density at radius 3 is 3.04 bits per heavy atom. The summed E-state index contributed by atoms with van der Waals surface area (Å²) in [5.41, 5.74) is 0.777. The Morgan fingerprint density at radius 2 is 2.23 bits per heavy atom. The second kappa shape index (κ2) is 7.29. The number of amides is 1. The van der Waals surface area contributed by atoms with E-state index >= 15 is 0 Å². The van der Waals surface area contributed by atoms with Crippen molar-refractivity contribution in [1.29, 1.82) is 0 Å². The summed E-state index contributed by atoms with van der Waals surface area (Å²) in [7, 11) is 1.61. The summed E-state index contributed by atoms with van der Waals surface area (Å²) in [6, 6.07) is 11.3. The lowest BCUT2D eigenvalue weighted by atomic mass is 10.2. The molecular formula is C19H19N3O3S. The molecule has 1 aliphatic rings. The lowest BCUT2D eigenvalue weighted by Crippen LogP contribution is -2.31. The van der Waals surface area contributed by atoms with Gasteiger partial charge in [-0.25, -0.2) is 0 Å². The van der Waals surface area contributed by atoms with Crippen molar-refractivity contribution < 1.29 is 14.1 Å². The van der Waals surface area contributed by atoms with Crippen molar-refractivity contribution in [3.8, 4) is 17.1 Å². The summed E-state index contributed by atoms with van der Waals surface area (Å²) >= 11 is 1.60. The number of thiophene rings is 1. The van der Waals surface area contributed by atoms with Crippen LogP contribution in [0.3, 0.4) is 0 Å². The average Bonchev–Trinajstić information content (AvgIpc) is 3.41. The SMILES string of the molecule is COc1ccccc1-c1noc(C2CCCN2C(=O)Cc2cccs2)n1. The number of ether oxygens (including phenoxy) is 1. The number of carbonyl (C=O) groups is 1. The van der Waals surface area contributed by atoms with Gasteiger partial charge in [-0.2, -0.15) is 4.98 Å². The third kappa shape index (κ3) is 3.22. The van der Waals surface area contributed by atoms with Crippen LogP contribution in [0.2, 0.25) is 0 Å². The number of carbonyl (C=O) groups excluding carboxylic acids is 1. The number of aromatic nitrogens is 2. The Morgan fingerprint density at radius 1 is 1.35 bits per heavy atom. The van der Waals surface area contributed by atoms with E-state index in [4.69, 9.17) is 9.26 Å². The highest BCUT2D eigenvalue weighted by molar-refractivity contribution is 7.10. The van der Waals surface area contributed by atoms with Crippen LogP contribution in [0.4, 0.5) is 0 Å². The Bertz CT molecular complexity index is 891. The second-order valence-corrected chi connectivity index (χ2v) is 7.19. The van der Waals surface area contributed by atoms with Crippen molar-refractivity contribution in [3.05, 3.63) is 52.5 Å². The van der Waals surface area contributed by atoms with Crippen molar-refractivity contribution in [1.82, 2.24) is 15.0 Å². The third-order valence-corrected chi connectivity index (χ3v) is 5.43. The smallest absolute Gasteiger partial charge is 0.249 e. The van der Waals surface area contributed by atoms with Crippen LogP contribution >= 0.6 is 11.3 Å². The van der Waals surface area contributed by atoms with E-state index < -0.39 is 0 Å².